The normalized spacial score (nSPS) is 12.1. The summed E-state index contributed by atoms with van der Waals surface area (Å²) in [6.45, 7) is 0. The van der Waals surface area contributed by atoms with E-state index in [2.05, 4.69) is 115 Å². The van der Waals surface area contributed by atoms with Crippen LogP contribution in [0.1, 0.15) is 0 Å². The lowest BCUT2D eigenvalue weighted by Gasteiger charge is -2.17. The van der Waals surface area contributed by atoms with E-state index in [1.165, 1.54) is 48.7 Å². The molecule has 0 saturated carbocycles. The molecule has 180 valence electrons. The van der Waals surface area contributed by atoms with Gasteiger partial charge >= 0.3 is 0 Å². The molecule has 9 aromatic rings. The first-order chi connectivity index (χ1) is 19.4. The van der Waals surface area contributed by atoms with Gasteiger partial charge in [0.15, 0.2) is 5.58 Å². The average molecular weight is 496 g/mol. The monoisotopic (exact) mass is 495 g/mol. The van der Waals surface area contributed by atoms with E-state index in [9.17, 15) is 0 Å². The van der Waals surface area contributed by atoms with E-state index in [0.29, 0.717) is 0 Å². The fourth-order valence-corrected chi connectivity index (χ4v) is 6.58. The van der Waals surface area contributed by atoms with Crippen LogP contribution >= 0.6 is 0 Å². The fourth-order valence-electron chi connectivity index (χ4n) is 6.58. The van der Waals surface area contributed by atoms with E-state index in [0.717, 1.165) is 38.5 Å². The molecule has 9 rings (SSSR count). The number of fused-ring (bicyclic) bond motifs is 12. The van der Waals surface area contributed by atoms with Crippen LogP contribution in [0.25, 0.3) is 87.2 Å². The maximum absolute atomic E-state index is 6.60. The third kappa shape index (κ3) is 2.78. The Kier molecular flexibility index (Phi) is 4.08. The van der Waals surface area contributed by atoms with Gasteiger partial charge in [-0.3, -0.25) is 0 Å². The van der Waals surface area contributed by atoms with E-state index < -0.39 is 0 Å². The van der Waals surface area contributed by atoms with Gasteiger partial charge in [-0.25, -0.2) is 4.98 Å². The van der Waals surface area contributed by atoms with Crippen molar-refractivity contribution >= 4 is 76.1 Å². The van der Waals surface area contributed by atoms with Gasteiger partial charge in [0.2, 0.25) is 0 Å². The smallest absolute Gasteiger partial charge is 0.162 e. The molecule has 0 radical (unpaired) electrons. The van der Waals surface area contributed by atoms with Crippen LogP contribution in [-0.4, -0.2) is 4.98 Å². The Balaban J connectivity index is 1.58. The molecule has 0 spiro atoms. The van der Waals surface area contributed by atoms with E-state index in [-0.39, 0.29) is 0 Å². The second-order valence-corrected chi connectivity index (χ2v) is 10.3. The van der Waals surface area contributed by atoms with Crippen LogP contribution in [0.15, 0.2) is 132 Å². The highest BCUT2D eigenvalue weighted by Crippen LogP contribution is 2.46. The van der Waals surface area contributed by atoms with E-state index in [1.54, 1.807) is 0 Å². The summed E-state index contributed by atoms with van der Waals surface area (Å²) in [6.07, 6.45) is 0. The largest absolute Gasteiger partial charge is 0.454 e. The number of hydrogen-bond donors (Lipinski definition) is 0. The minimum atomic E-state index is 0.837. The predicted octanol–water partition coefficient (Wildman–Crippen LogP) is 10.4. The number of pyridine rings is 1. The summed E-state index contributed by atoms with van der Waals surface area (Å²) in [6, 6.07) is 45.4. The van der Waals surface area contributed by atoms with Gasteiger partial charge in [-0.15, -0.1) is 0 Å². The van der Waals surface area contributed by atoms with E-state index in [1.807, 2.05) is 12.1 Å². The topological polar surface area (TPSA) is 26.0 Å². The molecule has 0 aliphatic carbocycles. The Hall–Kier alpha value is -5.21. The molecule has 2 nitrogen and oxygen atoms in total. The fraction of sp³-hybridized carbons (Fsp3) is 0. The lowest BCUT2D eigenvalue weighted by Crippen LogP contribution is -1.91. The number of aromatic nitrogens is 1. The lowest BCUT2D eigenvalue weighted by molar-refractivity contribution is 0.670. The minimum absolute atomic E-state index is 0.837. The molecule has 0 N–H and O–H groups in total. The molecular formula is C37H21NO. The summed E-state index contributed by atoms with van der Waals surface area (Å²) in [7, 11) is 0. The summed E-state index contributed by atoms with van der Waals surface area (Å²) >= 11 is 0. The van der Waals surface area contributed by atoms with Gasteiger partial charge in [0.05, 0.1) is 5.52 Å². The van der Waals surface area contributed by atoms with E-state index >= 15 is 0 Å². The molecule has 7 aromatic carbocycles. The van der Waals surface area contributed by atoms with Crippen LogP contribution in [0.2, 0.25) is 0 Å². The number of benzene rings is 7. The Labute approximate surface area is 223 Å². The van der Waals surface area contributed by atoms with Crippen LogP contribution in [0.3, 0.4) is 0 Å². The highest BCUT2D eigenvalue weighted by molar-refractivity contribution is 6.34. The van der Waals surface area contributed by atoms with Crippen molar-refractivity contribution in [2.75, 3.05) is 0 Å². The van der Waals surface area contributed by atoms with Crippen LogP contribution in [0.5, 0.6) is 0 Å². The second-order valence-electron chi connectivity index (χ2n) is 10.3. The standard InChI is InChI=1S/C37H21NO/c1-2-13-24-22(11-1)23-12-3-5-15-26(23)34-27-16-6-4-14-25(27)31(21-30(24)34)35-28-17-7-9-19-32(28)38-36-29-18-8-10-20-33(29)39-37(35)36/h1-21H. The maximum Gasteiger partial charge on any atom is 0.162 e. The molecule has 2 heterocycles. The van der Waals surface area contributed by atoms with Crippen molar-refractivity contribution in [3.05, 3.63) is 127 Å². The first kappa shape index (κ1) is 20.8. The Morgan fingerprint density at radius 1 is 0.436 bits per heavy atom. The van der Waals surface area contributed by atoms with Crippen molar-refractivity contribution in [1.29, 1.82) is 0 Å². The molecule has 0 aliphatic heterocycles. The van der Waals surface area contributed by atoms with Crippen molar-refractivity contribution in [3.63, 3.8) is 0 Å². The van der Waals surface area contributed by atoms with Crippen molar-refractivity contribution in [3.8, 4) is 11.1 Å². The molecule has 0 atom stereocenters. The highest BCUT2D eigenvalue weighted by Gasteiger charge is 2.21. The molecule has 0 fully saturated rings. The Morgan fingerprint density at radius 2 is 0.949 bits per heavy atom. The first-order valence-corrected chi connectivity index (χ1v) is 13.3. The van der Waals surface area contributed by atoms with Crippen LogP contribution in [0.4, 0.5) is 0 Å². The van der Waals surface area contributed by atoms with Gasteiger partial charge in [-0.2, -0.15) is 0 Å². The van der Waals surface area contributed by atoms with Crippen LogP contribution in [-0.2, 0) is 0 Å². The van der Waals surface area contributed by atoms with Crippen molar-refractivity contribution in [1.82, 2.24) is 4.98 Å². The van der Waals surface area contributed by atoms with E-state index in [4.69, 9.17) is 9.40 Å². The number of furan rings is 1. The Bertz CT molecular complexity index is 2450. The van der Waals surface area contributed by atoms with Gasteiger partial charge < -0.3 is 4.42 Å². The molecule has 39 heavy (non-hydrogen) atoms. The van der Waals surface area contributed by atoms with Crippen molar-refractivity contribution in [2.24, 2.45) is 0 Å². The van der Waals surface area contributed by atoms with Crippen LogP contribution < -0.4 is 0 Å². The quantitative estimate of drug-likeness (QED) is 0.212. The molecular weight excluding hydrogens is 474 g/mol. The second kappa shape index (κ2) is 7.66. The third-order valence-electron chi connectivity index (χ3n) is 8.22. The first-order valence-electron chi connectivity index (χ1n) is 13.3. The number of hydrogen-bond acceptors (Lipinski definition) is 2. The SMILES string of the molecule is c1ccc2c(-c3cc4c5ccccc5c5ccccc5c4c4ccccc34)c3oc4ccccc4c3nc2c1. The lowest BCUT2D eigenvalue weighted by atomic mass is 9.86. The predicted molar refractivity (Wildman–Crippen MR) is 164 cm³/mol. The zero-order valence-corrected chi connectivity index (χ0v) is 21.0. The van der Waals surface area contributed by atoms with Gasteiger partial charge in [-0.05, 0) is 72.9 Å². The third-order valence-corrected chi connectivity index (χ3v) is 8.22. The zero-order valence-electron chi connectivity index (χ0n) is 21.0. The summed E-state index contributed by atoms with van der Waals surface area (Å²) in [4.78, 5) is 5.09. The highest BCUT2D eigenvalue weighted by atomic mass is 16.3. The van der Waals surface area contributed by atoms with Crippen molar-refractivity contribution < 1.29 is 4.42 Å². The Morgan fingerprint density at radius 3 is 1.69 bits per heavy atom. The summed E-state index contributed by atoms with van der Waals surface area (Å²) in [5.74, 6) is 0. The van der Waals surface area contributed by atoms with Gasteiger partial charge in [0.1, 0.15) is 11.1 Å². The summed E-state index contributed by atoms with van der Waals surface area (Å²) in [5, 5.41) is 12.2. The van der Waals surface area contributed by atoms with Crippen molar-refractivity contribution in [2.45, 2.75) is 0 Å². The summed E-state index contributed by atoms with van der Waals surface area (Å²) in [5.41, 5.74) is 5.84. The van der Waals surface area contributed by atoms with Gasteiger partial charge in [0.25, 0.3) is 0 Å². The number of nitrogens with zero attached hydrogens (tertiary/aromatic N) is 1. The van der Waals surface area contributed by atoms with Crippen LogP contribution in [0, 0.1) is 0 Å². The number of rotatable bonds is 1. The molecule has 0 aliphatic rings. The molecule has 2 aromatic heterocycles. The molecule has 0 bridgehead atoms. The molecule has 0 unspecified atom stereocenters. The molecule has 2 heteroatoms. The minimum Gasteiger partial charge on any atom is -0.454 e. The maximum atomic E-state index is 6.60. The molecule has 0 saturated heterocycles. The van der Waals surface area contributed by atoms with Gasteiger partial charge in [0, 0.05) is 16.3 Å². The summed E-state index contributed by atoms with van der Waals surface area (Å²) < 4.78 is 6.60. The molecule has 0 amide bonds. The zero-order chi connectivity index (χ0) is 25.5. The number of para-hydroxylation sites is 2. The average Bonchev–Trinajstić information content (AvgIpc) is 3.37. The van der Waals surface area contributed by atoms with Gasteiger partial charge in [-0.1, -0.05) is 103 Å².